The number of aromatic hydroxyl groups is 1. The van der Waals surface area contributed by atoms with Gasteiger partial charge in [-0.05, 0) is 72.2 Å². The molecule has 170 valence electrons. The predicted molar refractivity (Wildman–Crippen MR) is 122 cm³/mol. The molecule has 2 aromatic rings. The van der Waals surface area contributed by atoms with E-state index in [1.165, 1.54) is 5.56 Å². The molecule has 1 amide bonds. The molecule has 0 spiro atoms. The summed E-state index contributed by atoms with van der Waals surface area (Å²) in [5.41, 5.74) is 5.37. The molecule has 31 heavy (non-hydrogen) atoms. The van der Waals surface area contributed by atoms with Gasteiger partial charge in [-0.25, -0.2) is 13.1 Å². The fourth-order valence-electron chi connectivity index (χ4n) is 3.33. The van der Waals surface area contributed by atoms with Crippen LogP contribution in [0.2, 0.25) is 0 Å². The Morgan fingerprint density at radius 1 is 1.10 bits per heavy atom. The van der Waals surface area contributed by atoms with Gasteiger partial charge in [-0.15, -0.1) is 0 Å². The largest absolute Gasteiger partial charge is 0.508 e. The highest BCUT2D eigenvalue weighted by Crippen LogP contribution is 2.29. The Hall–Kier alpha value is -2.58. The van der Waals surface area contributed by atoms with E-state index in [1.807, 2.05) is 38.1 Å². The minimum absolute atomic E-state index is 0.132. The van der Waals surface area contributed by atoms with Gasteiger partial charge in [0.2, 0.25) is 10.0 Å². The van der Waals surface area contributed by atoms with E-state index in [0.717, 1.165) is 34.9 Å². The quantitative estimate of drug-likeness (QED) is 0.485. The molecule has 3 N–H and O–H groups in total. The fraction of sp³-hybridized carbons (Fsp3) is 0.435. The first-order valence-electron chi connectivity index (χ1n) is 10.2. The van der Waals surface area contributed by atoms with Crippen LogP contribution in [-0.4, -0.2) is 45.4 Å². The monoisotopic (exact) mass is 448 g/mol. The summed E-state index contributed by atoms with van der Waals surface area (Å²) in [7, 11) is -3.27. The number of sulfonamides is 1. The van der Waals surface area contributed by atoms with Crippen LogP contribution in [0.15, 0.2) is 30.3 Å². The average Bonchev–Trinajstić information content (AvgIpc) is 2.66. The van der Waals surface area contributed by atoms with Crippen molar-refractivity contribution in [1.82, 2.24) is 10.0 Å². The van der Waals surface area contributed by atoms with Crippen LogP contribution in [-0.2, 0) is 21.2 Å². The van der Waals surface area contributed by atoms with Gasteiger partial charge in [0.25, 0.3) is 5.91 Å². The summed E-state index contributed by atoms with van der Waals surface area (Å²) in [5.74, 6) is 0.851. The highest BCUT2D eigenvalue weighted by Gasteiger charge is 2.12. The molecule has 0 radical (unpaired) electrons. The topological polar surface area (TPSA) is 105 Å². The van der Waals surface area contributed by atoms with E-state index in [1.54, 1.807) is 6.07 Å². The maximum atomic E-state index is 11.9. The molecule has 0 saturated carbocycles. The lowest BCUT2D eigenvalue weighted by Gasteiger charge is -2.15. The molecular weight excluding hydrogens is 416 g/mol. The zero-order valence-corrected chi connectivity index (χ0v) is 19.6. The van der Waals surface area contributed by atoms with Crippen LogP contribution in [0.4, 0.5) is 0 Å². The maximum Gasteiger partial charge on any atom is 0.257 e. The second kappa shape index (κ2) is 10.6. The molecule has 7 nitrogen and oxygen atoms in total. The maximum absolute atomic E-state index is 11.9. The van der Waals surface area contributed by atoms with Crippen LogP contribution in [0.5, 0.6) is 11.5 Å². The van der Waals surface area contributed by atoms with Gasteiger partial charge in [-0.1, -0.05) is 26.0 Å². The van der Waals surface area contributed by atoms with Crippen molar-refractivity contribution in [3.63, 3.8) is 0 Å². The van der Waals surface area contributed by atoms with Gasteiger partial charge in [0, 0.05) is 13.1 Å². The van der Waals surface area contributed by atoms with Crippen molar-refractivity contribution in [3.05, 3.63) is 58.1 Å². The van der Waals surface area contributed by atoms with Crippen molar-refractivity contribution in [1.29, 1.82) is 0 Å². The van der Waals surface area contributed by atoms with Crippen molar-refractivity contribution >= 4 is 15.9 Å². The molecule has 0 aliphatic carbocycles. The van der Waals surface area contributed by atoms with Gasteiger partial charge in [0.15, 0.2) is 6.61 Å². The molecule has 0 atom stereocenters. The van der Waals surface area contributed by atoms with Gasteiger partial charge in [0.05, 0.1) is 6.26 Å². The number of carbonyl (C=O) groups is 1. The van der Waals surface area contributed by atoms with Crippen LogP contribution in [0.3, 0.4) is 0 Å². The Bertz CT molecular complexity index is 1010. The summed E-state index contributed by atoms with van der Waals surface area (Å²) in [6.07, 6.45) is 1.81. The van der Waals surface area contributed by atoms with Gasteiger partial charge in [0.1, 0.15) is 11.5 Å². The Morgan fingerprint density at radius 2 is 1.74 bits per heavy atom. The number of hydrogen-bond donors (Lipinski definition) is 3. The molecule has 0 unspecified atom stereocenters. The Balaban J connectivity index is 1.98. The van der Waals surface area contributed by atoms with Gasteiger partial charge < -0.3 is 15.2 Å². The van der Waals surface area contributed by atoms with Gasteiger partial charge in [-0.2, -0.15) is 0 Å². The summed E-state index contributed by atoms with van der Waals surface area (Å²) in [5, 5.41) is 12.7. The molecule has 2 rings (SSSR count). The van der Waals surface area contributed by atoms with E-state index in [2.05, 4.69) is 23.9 Å². The zero-order valence-electron chi connectivity index (χ0n) is 18.8. The van der Waals surface area contributed by atoms with Crippen molar-refractivity contribution in [2.24, 2.45) is 0 Å². The Labute approximate surface area is 184 Å². The molecule has 0 heterocycles. The van der Waals surface area contributed by atoms with E-state index in [-0.39, 0.29) is 31.5 Å². The number of ether oxygens (including phenoxy) is 1. The highest BCUT2D eigenvalue weighted by molar-refractivity contribution is 7.88. The highest BCUT2D eigenvalue weighted by atomic mass is 32.2. The zero-order chi connectivity index (χ0) is 23.2. The number of phenols is 1. The van der Waals surface area contributed by atoms with E-state index in [0.29, 0.717) is 11.5 Å². The first-order chi connectivity index (χ1) is 14.5. The van der Waals surface area contributed by atoms with E-state index in [9.17, 15) is 18.3 Å². The fourth-order valence-corrected chi connectivity index (χ4v) is 3.81. The van der Waals surface area contributed by atoms with E-state index in [4.69, 9.17) is 4.74 Å². The van der Waals surface area contributed by atoms with Crippen LogP contribution in [0, 0.1) is 13.8 Å². The number of aryl methyl sites for hydroxylation is 2. The molecule has 0 aliphatic rings. The lowest BCUT2D eigenvalue weighted by Crippen LogP contribution is -2.36. The number of benzene rings is 2. The average molecular weight is 449 g/mol. The molecular formula is C23H32N2O5S. The SMILES string of the molecule is Cc1cc(OCC(=O)NCCNS(C)(=O)=O)cc(C)c1Cc1ccc(O)c(C(C)C)c1. The lowest BCUT2D eigenvalue weighted by atomic mass is 9.93. The van der Waals surface area contributed by atoms with Crippen LogP contribution in [0.25, 0.3) is 0 Å². The second-order valence-corrected chi connectivity index (χ2v) is 9.90. The molecule has 0 fully saturated rings. The number of carbonyl (C=O) groups excluding carboxylic acids is 1. The molecule has 8 heteroatoms. The summed E-state index contributed by atoms with van der Waals surface area (Å²) < 4.78 is 29.9. The third-order valence-corrected chi connectivity index (χ3v) is 5.67. The van der Waals surface area contributed by atoms with Crippen molar-refractivity contribution in [2.75, 3.05) is 26.0 Å². The Kier molecular flexibility index (Phi) is 8.47. The second-order valence-electron chi connectivity index (χ2n) is 8.07. The van der Waals surface area contributed by atoms with Crippen LogP contribution < -0.4 is 14.8 Å². The lowest BCUT2D eigenvalue weighted by molar-refractivity contribution is -0.123. The van der Waals surface area contributed by atoms with Crippen LogP contribution in [0.1, 0.15) is 47.6 Å². The predicted octanol–water partition coefficient (Wildman–Crippen LogP) is 2.77. The van der Waals surface area contributed by atoms with Crippen molar-refractivity contribution in [3.8, 4) is 11.5 Å². The van der Waals surface area contributed by atoms with E-state index >= 15 is 0 Å². The Morgan fingerprint density at radius 3 is 2.32 bits per heavy atom. The number of amides is 1. The summed E-state index contributed by atoms with van der Waals surface area (Å²) in [6.45, 7) is 8.31. The number of rotatable bonds is 10. The van der Waals surface area contributed by atoms with Gasteiger partial charge in [-0.3, -0.25) is 4.79 Å². The number of hydrogen-bond acceptors (Lipinski definition) is 5. The molecule has 2 aromatic carbocycles. The standard InChI is InChI=1S/C23H32N2O5S/c1-15(2)20-12-18(6-7-22(20)26)13-21-16(3)10-19(11-17(21)4)30-14-23(27)24-8-9-25-31(5,28)29/h6-7,10-12,15,25-26H,8-9,13-14H2,1-5H3,(H,24,27). The minimum atomic E-state index is -3.27. The summed E-state index contributed by atoms with van der Waals surface area (Å²) >= 11 is 0. The number of nitrogens with one attached hydrogen (secondary N) is 2. The molecule has 0 saturated heterocycles. The van der Waals surface area contributed by atoms with Crippen LogP contribution >= 0.6 is 0 Å². The molecule has 0 bridgehead atoms. The molecule has 0 aromatic heterocycles. The van der Waals surface area contributed by atoms with Crippen molar-refractivity contribution < 1.29 is 23.1 Å². The first kappa shape index (κ1) is 24.7. The third kappa shape index (κ3) is 7.88. The number of phenolic OH excluding ortho intramolecular Hbond substituents is 1. The summed E-state index contributed by atoms with van der Waals surface area (Å²) in [6, 6.07) is 9.55. The van der Waals surface area contributed by atoms with Gasteiger partial charge >= 0.3 is 0 Å². The summed E-state index contributed by atoms with van der Waals surface area (Å²) in [4.78, 5) is 11.9. The minimum Gasteiger partial charge on any atom is -0.508 e. The normalized spacial score (nSPS) is 11.5. The third-order valence-electron chi connectivity index (χ3n) is 4.95. The van der Waals surface area contributed by atoms with Crippen molar-refractivity contribution in [2.45, 2.75) is 40.0 Å². The smallest absolute Gasteiger partial charge is 0.257 e. The first-order valence-corrected chi connectivity index (χ1v) is 12.1. The molecule has 0 aliphatic heterocycles. The van der Waals surface area contributed by atoms with E-state index < -0.39 is 10.0 Å².